The van der Waals surface area contributed by atoms with Crippen LogP contribution >= 0.6 is 11.8 Å². The molecule has 0 unspecified atom stereocenters. The van der Waals surface area contributed by atoms with Crippen LogP contribution in [-0.4, -0.2) is 21.1 Å². The largest absolute Gasteiger partial charge is 0.543 e. The van der Waals surface area contributed by atoms with Crippen molar-refractivity contribution in [2.45, 2.75) is 62.0 Å². The predicted octanol–water partition coefficient (Wildman–Crippen LogP) is 6.90. The SMILES string of the molecule is CCCN1c2ccccc2Sc2cc(C=O)c(O[Si](C)(C)C(C)(C)C)cc21. The van der Waals surface area contributed by atoms with Gasteiger partial charge in [-0.2, -0.15) is 0 Å². The average Bonchev–Trinajstić information content (AvgIpc) is 2.60. The summed E-state index contributed by atoms with van der Waals surface area (Å²) in [5, 5.41) is 0.0769. The molecule has 144 valence electrons. The fourth-order valence-corrected chi connectivity index (χ4v) is 5.10. The van der Waals surface area contributed by atoms with Crippen molar-refractivity contribution in [3.05, 3.63) is 42.0 Å². The average molecular weight is 400 g/mol. The van der Waals surface area contributed by atoms with Gasteiger partial charge in [-0.05, 0) is 42.8 Å². The van der Waals surface area contributed by atoms with Crippen LogP contribution in [0, 0.1) is 0 Å². The Balaban J connectivity index is 2.10. The first-order valence-electron chi connectivity index (χ1n) is 9.54. The first-order chi connectivity index (χ1) is 12.7. The minimum Gasteiger partial charge on any atom is -0.543 e. The van der Waals surface area contributed by atoms with Gasteiger partial charge in [-0.25, -0.2) is 0 Å². The number of para-hydroxylation sites is 1. The van der Waals surface area contributed by atoms with E-state index >= 15 is 0 Å². The first kappa shape index (κ1) is 20.0. The van der Waals surface area contributed by atoms with E-state index in [9.17, 15) is 4.79 Å². The lowest BCUT2D eigenvalue weighted by Crippen LogP contribution is -2.44. The van der Waals surface area contributed by atoms with Crippen molar-refractivity contribution in [1.29, 1.82) is 0 Å². The van der Waals surface area contributed by atoms with Gasteiger partial charge in [-0.3, -0.25) is 4.79 Å². The molecule has 27 heavy (non-hydrogen) atoms. The number of aldehydes is 1. The molecule has 5 heteroatoms. The van der Waals surface area contributed by atoms with Crippen LogP contribution in [0.5, 0.6) is 5.75 Å². The summed E-state index contributed by atoms with van der Waals surface area (Å²) in [5.41, 5.74) is 3.01. The van der Waals surface area contributed by atoms with Gasteiger partial charge < -0.3 is 9.33 Å². The van der Waals surface area contributed by atoms with E-state index < -0.39 is 8.32 Å². The third-order valence-corrected chi connectivity index (χ3v) is 11.0. The maximum atomic E-state index is 11.8. The molecule has 0 saturated carbocycles. The Bertz CT molecular complexity index is 858. The highest BCUT2D eigenvalue weighted by atomic mass is 32.2. The third-order valence-electron chi connectivity index (χ3n) is 5.50. The van der Waals surface area contributed by atoms with E-state index in [-0.39, 0.29) is 5.04 Å². The quantitative estimate of drug-likeness (QED) is 0.404. The molecule has 3 rings (SSSR count). The Hall–Kier alpha value is -1.72. The highest BCUT2D eigenvalue weighted by Gasteiger charge is 2.39. The molecule has 0 radical (unpaired) electrons. The number of benzene rings is 2. The summed E-state index contributed by atoms with van der Waals surface area (Å²) in [5.74, 6) is 0.719. The molecule has 0 aromatic heterocycles. The smallest absolute Gasteiger partial charge is 0.250 e. The van der Waals surface area contributed by atoms with E-state index in [1.807, 2.05) is 6.07 Å². The summed E-state index contributed by atoms with van der Waals surface area (Å²) in [6.45, 7) is 14.2. The Morgan fingerprint density at radius 2 is 1.81 bits per heavy atom. The van der Waals surface area contributed by atoms with Crippen LogP contribution in [-0.2, 0) is 0 Å². The summed E-state index contributed by atoms with van der Waals surface area (Å²) in [7, 11) is -2.04. The van der Waals surface area contributed by atoms with Crippen LogP contribution in [0.1, 0.15) is 44.5 Å². The predicted molar refractivity (Wildman–Crippen MR) is 118 cm³/mol. The number of carbonyl (C=O) groups excluding carboxylic acids is 1. The van der Waals surface area contributed by atoms with Gasteiger partial charge in [0.25, 0.3) is 8.32 Å². The summed E-state index contributed by atoms with van der Waals surface area (Å²) < 4.78 is 6.54. The van der Waals surface area contributed by atoms with Gasteiger partial charge in [-0.15, -0.1) is 0 Å². The van der Waals surface area contributed by atoms with Gasteiger partial charge in [0.2, 0.25) is 0 Å². The number of carbonyl (C=O) groups is 1. The molecule has 0 atom stereocenters. The van der Waals surface area contributed by atoms with E-state index in [2.05, 4.69) is 76.0 Å². The highest BCUT2D eigenvalue weighted by molar-refractivity contribution is 7.99. The molecule has 0 saturated heterocycles. The zero-order valence-electron chi connectivity index (χ0n) is 17.1. The second-order valence-electron chi connectivity index (χ2n) is 8.56. The van der Waals surface area contributed by atoms with E-state index in [1.165, 1.54) is 10.6 Å². The van der Waals surface area contributed by atoms with Crippen LogP contribution in [0.3, 0.4) is 0 Å². The van der Waals surface area contributed by atoms with Crippen molar-refractivity contribution >= 4 is 37.7 Å². The molecule has 0 bridgehead atoms. The van der Waals surface area contributed by atoms with E-state index in [0.29, 0.717) is 5.56 Å². The van der Waals surface area contributed by atoms with Crippen molar-refractivity contribution in [2.75, 3.05) is 11.4 Å². The summed E-state index contributed by atoms with van der Waals surface area (Å²) in [4.78, 5) is 16.5. The van der Waals surface area contributed by atoms with Gasteiger partial charge in [-0.1, -0.05) is 51.6 Å². The lowest BCUT2D eigenvalue weighted by Gasteiger charge is -2.38. The molecule has 3 nitrogen and oxygen atoms in total. The summed E-state index contributed by atoms with van der Waals surface area (Å²) in [6.07, 6.45) is 1.97. The Morgan fingerprint density at radius 3 is 2.44 bits per heavy atom. The molecule has 1 aliphatic heterocycles. The minimum atomic E-state index is -2.04. The van der Waals surface area contributed by atoms with Crippen LogP contribution in [0.25, 0.3) is 0 Å². The number of hydrogen-bond donors (Lipinski definition) is 0. The third kappa shape index (κ3) is 3.80. The Kier molecular flexibility index (Phi) is 5.46. The second-order valence-corrected chi connectivity index (χ2v) is 14.4. The van der Waals surface area contributed by atoms with E-state index in [4.69, 9.17) is 4.43 Å². The molecule has 2 aromatic rings. The molecular weight excluding hydrogens is 370 g/mol. The minimum absolute atomic E-state index is 0.0769. The molecule has 1 heterocycles. The lowest BCUT2D eigenvalue weighted by molar-refractivity contribution is 0.112. The monoisotopic (exact) mass is 399 g/mol. The molecule has 0 amide bonds. The zero-order chi connectivity index (χ0) is 19.8. The number of rotatable bonds is 5. The lowest BCUT2D eigenvalue weighted by atomic mass is 10.1. The van der Waals surface area contributed by atoms with Crippen LogP contribution in [0.4, 0.5) is 11.4 Å². The van der Waals surface area contributed by atoms with Crippen molar-refractivity contribution in [3.8, 4) is 5.75 Å². The second kappa shape index (κ2) is 7.36. The van der Waals surface area contributed by atoms with Gasteiger partial charge in [0.05, 0.1) is 16.9 Å². The van der Waals surface area contributed by atoms with Crippen LogP contribution in [0.15, 0.2) is 46.2 Å². The van der Waals surface area contributed by atoms with Crippen molar-refractivity contribution in [1.82, 2.24) is 0 Å². The van der Waals surface area contributed by atoms with Gasteiger partial charge >= 0.3 is 0 Å². The van der Waals surface area contributed by atoms with E-state index in [0.717, 1.165) is 35.6 Å². The Morgan fingerprint density at radius 1 is 1.11 bits per heavy atom. The van der Waals surface area contributed by atoms with Gasteiger partial charge in [0.1, 0.15) is 5.75 Å². The molecular formula is C22H29NO2SSi. The molecule has 0 N–H and O–H groups in total. The number of anilines is 2. The zero-order valence-corrected chi connectivity index (χ0v) is 18.9. The molecule has 2 aromatic carbocycles. The number of fused-ring (bicyclic) bond motifs is 2. The molecule has 0 fully saturated rings. The number of hydrogen-bond acceptors (Lipinski definition) is 4. The Labute approximate surface area is 168 Å². The maximum absolute atomic E-state index is 11.8. The molecule has 0 aliphatic carbocycles. The topological polar surface area (TPSA) is 29.5 Å². The van der Waals surface area contributed by atoms with Crippen molar-refractivity contribution in [3.63, 3.8) is 0 Å². The van der Waals surface area contributed by atoms with E-state index in [1.54, 1.807) is 11.8 Å². The maximum Gasteiger partial charge on any atom is 0.250 e. The van der Waals surface area contributed by atoms with Crippen LogP contribution < -0.4 is 9.33 Å². The number of nitrogens with zero attached hydrogens (tertiary/aromatic N) is 1. The molecule has 1 aliphatic rings. The first-order valence-corrected chi connectivity index (χ1v) is 13.3. The van der Waals surface area contributed by atoms with Crippen LogP contribution in [0.2, 0.25) is 18.1 Å². The normalized spacial score (nSPS) is 13.8. The van der Waals surface area contributed by atoms with Crippen molar-refractivity contribution < 1.29 is 9.22 Å². The van der Waals surface area contributed by atoms with Gasteiger partial charge in [0, 0.05) is 22.4 Å². The van der Waals surface area contributed by atoms with Crippen molar-refractivity contribution in [2.24, 2.45) is 0 Å². The van der Waals surface area contributed by atoms with Gasteiger partial charge in [0.15, 0.2) is 6.29 Å². The fourth-order valence-electron chi connectivity index (χ4n) is 2.95. The fraction of sp³-hybridized carbons (Fsp3) is 0.409. The standard InChI is InChI=1S/C22H29NO2SSi/c1-7-12-23-17-10-8-9-11-20(17)26-21-13-16(15-24)19(14-18(21)23)25-27(5,6)22(2,3)4/h8-11,13-15H,7,12H2,1-6H3. The molecule has 0 spiro atoms. The summed E-state index contributed by atoms with van der Waals surface area (Å²) >= 11 is 1.73. The highest BCUT2D eigenvalue weighted by Crippen LogP contribution is 2.50. The summed E-state index contributed by atoms with van der Waals surface area (Å²) in [6, 6.07) is 12.5.